The van der Waals surface area contributed by atoms with Crippen LogP contribution in [-0.2, 0) is 25.6 Å². The predicted octanol–water partition coefficient (Wildman–Crippen LogP) is 5.14. The molecule has 0 aliphatic carbocycles. The van der Waals surface area contributed by atoms with E-state index in [2.05, 4.69) is 10.6 Å². The number of thioether (sulfide) groups is 1. The first-order chi connectivity index (χ1) is 22.0. The molecule has 2 amide bonds. The van der Waals surface area contributed by atoms with Gasteiger partial charge in [-0.15, -0.1) is 11.8 Å². The lowest BCUT2D eigenvalue weighted by molar-refractivity contribution is -0.141. The smallest absolute Gasteiger partial charge is 0.327 e. The van der Waals surface area contributed by atoms with Crippen LogP contribution in [0.4, 0.5) is 0 Å². The number of rotatable bonds is 14. The lowest BCUT2D eigenvalue weighted by atomic mass is 9.84. The van der Waals surface area contributed by atoms with Gasteiger partial charge in [-0.2, -0.15) is 0 Å². The van der Waals surface area contributed by atoms with Gasteiger partial charge in [0.1, 0.15) is 17.4 Å². The van der Waals surface area contributed by atoms with E-state index in [4.69, 9.17) is 10.5 Å². The van der Waals surface area contributed by atoms with Crippen molar-refractivity contribution in [3.8, 4) is 5.75 Å². The van der Waals surface area contributed by atoms with Crippen LogP contribution in [0.5, 0.6) is 5.75 Å². The van der Waals surface area contributed by atoms with E-state index in [0.717, 1.165) is 22.3 Å². The van der Waals surface area contributed by atoms with Gasteiger partial charge in [-0.3, -0.25) is 9.59 Å². The van der Waals surface area contributed by atoms with Gasteiger partial charge in [-0.25, -0.2) is 4.79 Å². The van der Waals surface area contributed by atoms with Gasteiger partial charge in [0.2, 0.25) is 11.8 Å². The number of aliphatic carboxylic acids is 1. The number of carboxylic acid groups (broad SMARTS) is 1. The number of carboxylic acids is 1. The molecule has 4 rings (SSSR count). The average molecular weight is 640 g/mol. The van der Waals surface area contributed by atoms with E-state index in [0.29, 0.717) is 5.75 Å². The third-order valence-corrected chi connectivity index (χ3v) is 8.84. The molecule has 0 unspecified atom stereocenters. The zero-order chi connectivity index (χ0) is 33.2. The van der Waals surface area contributed by atoms with Crippen LogP contribution in [0, 0.1) is 0 Å². The predicted molar refractivity (Wildman–Crippen MR) is 183 cm³/mol. The number of amides is 2. The highest BCUT2D eigenvalue weighted by Crippen LogP contribution is 2.48. The Morgan fingerprint density at radius 2 is 1.26 bits per heavy atom. The summed E-state index contributed by atoms with van der Waals surface area (Å²) in [7, 11) is 0. The van der Waals surface area contributed by atoms with Crippen LogP contribution < -0.4 is 21.1 Å². The Morgan fingerprint density at radius 1 is 0.783 bits per heavy atom. The summed E-state index contributed by atoms with van der Waals surface area (Å²) in [6.07, 6.45) is 0.262. The maximum Gasteiger partial charge on any atom is 0.327 e. The zero-order valence-electron chi connectivity index (χ0n) is 26.3. The molecular formula is C37H41N3O5S. The molecule has 240 valence electrons. The number of carbonyl (C=O) groups excluding carboxylic acids is 2. The van der Waals surface area contributed by atoms with Crippen molar-refractivity contribution in [1.82, 2.24) is 10.6 Å². The monoisotopic (exact) mass is 639 g/mol. The zero-order valence-corrected chi connectivity index (χ0v) is 27.1. The number of benzene rings is 4. The Bertz CT molecular complexity index is 1480. The molecule has 2 atom stereocenters. The van der Waals surface area contributed by atoms with E-state index in [1.807, 2.05) is 136 Å². The van der Waals surface area contributed by atoms with Crippen molar-refractivity contribution in [2.24, 2.45) is 5.73 Å². The summed E-state index contributed by atoms with van der Waals surface area (Å²) in [5.74, 6) is -1.54. The van der Waals surface area contributed by atoms with Crippen molar-refractivity contribution in [3.63, 3.8) is 0 Å². The second-order valence-electron chi connectivity index (χ2n) is 11.9. The maximum absolute atomic E-state index is 12.9. The van der Waals surface area contributed by atoms with Crippen molar-refractivity contribution in [2.45, 2.75) is 49.6 Å². The first-order valence-electron chi connectivity index (χ1n) is 15.1. The van der Waals surface area contributed by atoms with Crippen LogP contribution in [0.1, 0.15) is 43.0 Å². The third-order valence-electron chi connectivity index (χ3n) is 7.20. The molecule has 0 aromatic heterocycles. The summed E-state index contributed by atoms with van der Waals surface area (Å²) < 4.78 is 5.08. The number of carbonyl (C=O) groups is 3. The molecule has 0 aliphatic rings. The fourth-order valence-corrected chi connectivity index (χ4v) is 6.64. The van der Waals surface area contributed by atoms with Crippen LogP contribution in [0.2, 0.25) is 0 Å². The van der Waals surface area contributed by atoms with Gasteiger partial charge in [0.15, 0.2) is 0 Å². The third kappa shape index (κ3) is 9.22. The van der Waals surface area contributed by atoms with Crippen LogP contribution in [0.25, 0.3) is 0 Å². The summed E-state index contributed by atoms with van der Waals surface area (Å²) in [6.45, 7) is 5.48. The minimum atomic E-state index is -1.22. The van der Waals surface area contributed by atoms with Gasteiger partial charge in [-0.1, -0.05) is 103 Å². The molecule has 5 N–H and O–H groups in total. The summed E-state index contributed by atoms with van der Waals surface area (Å²) in [4.78, 5) is 37.9. The first-order valence-corrected chi connectivity index (χ1v) is 16.1. The first kappa shape index (κ1) is 34.3. The summed E-state index contributed by atoms with van der Waals surface area (Å²) in [6, 6.07) is 34.9. The van der Waals surface area contributed by atoms with Crippen molar-refractivity contribution in [1.29, 1.82) is 0 Å². The summed E-state index contributed by atoms with van der Waals surface area (Å²) >= 11 is 1.43. The van der Waals surface area contributed by atoms with Crippen molar-refractivity contribution in [2.75, 3.05) is 12.3 Å². The lowest BCUT2D eigenvalue weighted by Crippen LogP contribution is -2.50. The van der Waals surface area contributed by atoms with E-state index in [1.54, 1.807) is 0 Å². The van der Waals surface area contributed by atoms with Crippen LogP contribution in [-0.4, -0.2) is 52.9 Å². The molecule has 0 fully saturated rings. The van der Waals surface area contributed by atoms with E-state index in [-0.39, 0.29) is 17.8 Å². The molecule has 4 aromatic rings. The van der Waals surface area contributed by atoms with Gasteiger partial charge in [-0.05, 0) is 61.6 Å². The molecule has 0 saturated carbocycles. The Balaban J connectivity index is 1.42. The Hall–Kier alpha value is -4.60. The molecule has 0 spiro atoms. The minimum Gasteiger partial charge on any atom is -0.488 e. The Kier molecular flexibility index (Phi) is 11.6. The van der Waals surface area contributed by atoms with Crippen molar-refractivity contribution >= 4 is 29.5 Å². The van der Waals surface area contributed by atoms with Crippen LogP contribution in [0.3, 0.4) is 0 Å². The van der Waals surface area contributed by atoms with E-state index >= 15 is 0 Å². The number of ether oxygens (including phenoxy) is 1. The van der Waals surface area contributed by atoms with Gasteiger partial charge < -0.3 is 26.2 Å². The van der Waals surface area contributed by atoms with E-state index in [1.165, 1.54) is 11.8 Å². The molecule has 0 aliphatic heterocycles. The molecule has 4 aromatic carbocycles. The van der Waals surface area contributed by atoms with Crippen LogP contribution >= 0.6 is 11.8 Å². The molecule has 8 nitrogen and oxygen atoms in total. The second-order valence-corrected chi connectivity index (χ2v) is 13.2. The normalized spacial score (nSPS) is 12.9. The van der Waals surface area contributed by atoms with Gasteiger partial charge in [0.05, 0.1) is 17.3 Å². The molecular weight excluding hydrogens is 598 g/mol. The van der Waals surface area contributed by atoms with Gasteiger partial charge in [0, 0.05) is 5.75 Å². The minimum absolute atomic E-state index is 0.0577. The van der Waals surface area contributed by atoms with Crippen molar-refractivity contribution in [3.05, 3.63) is 138 Å². The largest absolute Gasteiger partial charge is 0.488 e. The molecule has 0 bridgehead atoms. The summed E-state index contributed by atoms with van der Waals surface area (Å²) in [5.41, 5.74) is 9.56. The molecule has 0 radical (unpaired) electrons. The van der Waals surface area contributed by atoms with Crippen LogP contribution in [0.15, 0.2) is 115 Å². The highest BCUT2D eigenvalue weighted by molar-refractivity contribution is 8.00. The lowest BCUT2D eigenvalue weighted by Gasteiger charge is -2.36. The highest BCUT2D eigenvalue weighted by Gasteiger charge is 2.38. The number of nitrogens with one attached hydrogen (secondary N) is 2. The fraction of sp³-hybridized carbons (Fsp3) is 0.270. The molecule has 0 saturated heterocycles. The highest BCUT2D eigenvalue weighted by atomic mass is 32.2. The maximum atomic E-state index is 12.9. The topological polar surface area (TPSA) is 131 Å². The number of nitrogens with two attached hydrogens (primary N) is 1. The van der Waals surface area contributed by atoms with Gasteiger partial charge in [0.25, 0.3) is 0 Å². The quantitative estimate of drug-likeness (QED) is 0.141. The number of hydrogen-bond acceptors (Lipinski definition) is 6. The standard InChI is InChI=1S/C37H41N3O5S/c1-36(2,3)45-30-21-19-26(20-22-30)23-31(38)34(42)39-24-33(41)40-32(35(43)44)25-46-37(27-13-7-4-8-14-27,28-15-9-5-10-16-28)29-17-11-6-12-18-29/h4-22,31-32H,23-25,38H2,1-3H3,(H,39,42)(H,40,41)(H,43,44)/t31-,32+/m0/s1. The van der Waals surface area contributed by atoms with Crippen molar-refractivity contribution < 1.29 is 24.2 Å². The SMILES string of the molecule is CC(C)(C)Oc1ccc(C[C@H](N)C(=O)NCC(=O)N[C@H](CSC(c2ccccc2)(c2ccccc2)c2ccccc2)C(=O)O)cc1. The van der Waals surface area contributed by atoms with Gasteiger partial charge >= 0.3 is 5.97 Å². The Morgan fingerprint density at radius 3 is 1.70 bits per heavy atom. The van der Waals surface area contributed by atoms with E-state index in [9.17, 15) is 19.5 Å². The summed E-state index contributed by atoms with van der Waals surface area (Å²) in [5, 5.41) is 15.2. The fourth-order valence-electron chi connectivity index (χ4n) is 5.09. The molecule has 9 heteroatoms. The average Bonchev–Trinajstić information content (AvgIpc) is 3.05. The van der Waals surface area contributed by atoms with E-state index < -0.39 is 41.2 Å². The molecule has 46 heavy (non-hydrogen) atoms. The number of hydrogen-bond donors (Lipinski definition) is 4. The Labute approximate surface area is 274 Å². The second kappa shape index (κ2) is 15.6. The molecule has 0 heterocycles.